The molecule has 0 aliphatic heterocycles. The van der Waals surface area contributed by atoms with Crippen LogP contribution in [0.5, 0.6) is 0 Å². The Kier molecular flexibility index (Phi) is 3.55. The molecule has 0 heterocycles. The van der Waals surface area contributed by atoms with E-state index < -0.39 is 0 Å². The highest BCUT2D eigenvalue weighted by molar-refractivity contribution is 5.12. The molecule has 0 aromatic heterocycles. The minimum Gasteiger partial charge on any atom is -0.314 e. The van der Waals surface area contributed by atoms with Gasteiger partial charge in [-0.3, -0.25) is 0 Å². The average Bonchev–Trinajstić information content (AvgIpc) is 2.53. The van der Waals surface area contributed by atoms with Gasteiger partial charge in [0.25, 0.3) is 0 Å². The second-order valence-electron chi connectivity index (χ2n) is 6.58. The fraction of sp³-hybridized carbons (Fsp3) is 1.00. The van der Waals surface area contributed by atoms with Crippen LogP contribution in [-0.4, -0.2) is 12.6 Å². The molecule has 0 aromatic carbocycles. The Morgan fingerprint density at radius 3 is 1.87 bits per heavy atom. The maximum Gasteiger partial charge on any atom is 0.00643 e. The lowest BCUT2D eigenvalue weighted by molar-refractivity contribution is 0.372. The molecule has 1 nitrogen and oxygen atoms in total. The molecule has 1 heteroatoms. The lowest BCUT2D eigenvalue weighted by atomic mass is 10.0. The van der Waals surface area contributed by atoms with E-state index in [1.54, 1.807) is 0 Å². The quantitative estimate of drug-likeness (QED) is 0.731. The van der Waals surface area contributed by atoms with Gasteiger partial charge >= 0.3 is 0 Å². The predicted octanol–water partition coefficient (Wildman–Crippen LogP) is 3.69. The van der Waals surface area contributed by atoms with E-state index in [9.17, 15) is 0 Å². The third-order valence-corrected chi connectivity index (χ3v) is 5.46. The molecule has 2 atom stereocenters. The number of hydrogen-bond acceptors (Lipinski definition) is 1. The summed E-state index contributed by atoms with van der Waals surface area (Å²) in [7, 11) is 0. The van der Waals surface area contributed by atoms with Gasteiger partial charge in [0.05, 0.1) is 0 Å². The fourth-order valence-electron chi connectivity index (χ4n) is 2.70. The van der Waals surface area contributed by atoms with Crippen molar-refractivity contribution >= 4 is 0 Å². The summed E-state index contributed by atoms with van der Waals surface area (Å²) < 4.78 is 0. The Morgan fingerprint density at radius 1 is 1.07 bits per heavy atom. The van der Waals surface area contributed by atoms with Crippen molar-refractivity contribution in [2.45, 2.75) is 60.9 Å². The summed E-state index contributed by atoms with van der Waals surface area (Å²) in [6, 6.07) is 0.655. The maximum atomic E-state index is 3.71. The van der Waals surface area contributed by atoms with Gasteiger partial charge in [0.15, 0.2) is 0 Å². The highest BCUT2D eigenvalue weighted by Crippen LogP contribution is 2.67. The topological polar surface area (TPSA) is 12.0 Å². The lowest BCUT2D eigenvalue weighted by Gasteiger charge is -2.20. The fourth-order valence-corrected chi connectivity index (χ4v) is 2.70. The first-order valence-corrected chi connectivity index (χ1v) is 6.48. The van der Waals surface area contributed by atoms with E-state index in [1.165, 1.54) is 13.0 Å². The van der Waals surface area contributed by atoms with Gasteiger partial charge in [0, 0.05) is 6.04 Å². The highest BCUT2D eigenvalue weighted by atomic mass is 14.9. The van der Waals surface area contributed by atoms with Crippen LogP contribution in [-0.2, 0) is 0 Å². The number of rotatable bonds is 5. The molecule has 1 aliphatic carbocycles. The zero-order valence-electron chi connectivity index (χ0n) is 11.6. The molecule has 0 bridgehead atoms. The van der Waals surface area contributed by atoms with Gasteiger partial charge in [-0.1, -0.05) is 48.0 Å². The minimum absolute atomic E-state index is 0.523. The molecule has 2 unspecified atom stereocenters. The van der Waals surface area contributed by atoms with Crippen LogP contribution in [0.4, 0.5) is 0 Å². The summed E-state index contributed by atoms with van der Waals surface area (Å²) in [5.41, 5.74) is 1.05. The van der Waals surface area contributed by atoms with Crippen molar-refractivity contribution in [2.75, 3.05) is 6.54 Å². The van der Waals surface area contributed by atoms with Gasteiger partial charge in [-0.25, -0.2) is 0 Å². The van der Waals surface area contributed by atoms with E-state index in [0.717, 1.165) is 11.8 Å². The van der Waals surface area contributed by atoms with Crippen LogP contribution < -0.4 is 5.32 Å². The normalized spacial score (nSPS) is 27.4. The summed E-state index contributed by atoms with van der Waals surface area (Å²) >= 11 is 0. The molecule has 0 amide bonds. The minimum atomic E-state index is 0.523. The molecule has 1 rings (SSSR count). The van der Waals surface area contributed by atoms with Crippen molar-refractivity contribution < 1.29 is 0 Å². The van der Waals surface area contributed by atoms with Gasteiger partial charge in [-0.2, -0.15) is 0 Å². The lowest BCUT2D eigenvalue weighted by Crippen LogP contribution is -2.34. The molecule has 1 N–H and O–H groups in total. The van der Waals surface area contributed by atoms with E-state index in [0.29, 0.717) is 16.9 Å². The smallest absolute Gasteiger partial charge is 0.00643 e. The van der Waals surface area contributed by atoms with Crippen molar-refractivity contribution in [1.29, 1.82) is 0 Å². The number of nitrogens with one attached hydrogen (secondary N) is 1. The molecule has 1 fully saturated rings. The molecular weight excluding hydrogens is 182 g/mol. The van der Waals surface area contributed by atoms with Crippen LogP contribution in [0.25, 0.3) is 0 Å². The Hall–Kier alpha value is -0.0400. The molecule has 0 aromatic rings. The van der Waals surface area contributed by atoms with Crippen molar-refractivity contribution in [3.05, 3.63) is 0 Å². The Labute approximate surface area is 96.0 Å². The molecule has 15 heavy (non-hydrogen) atoms. The predicted molar refractivity (Wildman–Crippen MR) is 68.0 cm³/mol. The van der Waals surface area contributed by atoms with E-state index >= 15 is 0 Å². The summed E-state index contributed by atoms with van der Waals surface area (Å²) in [5, 5.41) is 3.71. The highest BCUT2D eigenvalue weighted by Gasteiger charge is 2.63. The summed E-state index contributed by atoms with van der Waals surface area (Å²) in [4.78, 5) is 0. The third kappa shape index (κ3) is 2.22. The Balaban J connectivity index is 2.34. The van der Waals surface area contributed by atoms with Crippen LogP contribution in [0, 0.1) is 22.7 Å². The molecule has 90 valence electrons. The molecule has 0 saturated heterocycles. The first-order valence-electron chi connectivity index (χ1n) is 6.48. The second-order valence-corrected chi connectivity index (χ2v) is 6.58. The van der Waals surface area contributed by atoms with Gasteiger partial charge in [0.1, 0.15) is 0 Å². The first kappa shape index (κ1) is 13.0. The second kappa shape index (κ2) is 4.08. The van der Waals surface area contributed by atoms with Gasteiger partial charge in [-0.05, 0) is 36.1 Å². The largest absolute Gasteiger partial charge is 0.314 e. The van der Waals surface area contributed by atoms with Crippen LogP contribution in [0.1, 0.15) is 54.9 Å². The van der Waals surface area contributed by atoms with Crippen molar-refractivity contribution in [2.24, 2.45) is 22.7 Å². The monoisotopic (exact) mass is 211 g/mol. The van der Waals surface area contributed by atoms with Crippen molar-refractivity contribution in [3.8, 4) is 0 Å². The maximum absolute atomic E-state index is 3.71. The molecular formula is C14H29N. The van der Waals surface area contributed by atoms with Crippen molar-refractivity contribution in [3.63, 3.8) is 0 Å². The first-order chi connectivity index (χ1) is 6.75. The van der Waals surface area contributed by atoms with Crippen LogP contribution in [0.3, 0.4) is 0 Å². The van der Waals surface area contributed by atoms with Crippen LogP contribution in [0.15, 0.2) is 0 Å². The van der Waals surface area contributed by atoms with E-state index in [-0.39, 0.29) is 0 Å². The van der Waals surface area contributed by atoms with E-state index in [2.05, 4.69) is 53.8 Å². The van der Waals surface area contributed by atoms with Gasteiger partial charge in [-0.15, -0.1) is 0 Å². The Bertz CT molecular complexity index is 203. The number of hydrogen-bond donors (Lipinski definition) is 1. The standard InChI is InChI=1S/C14H29N/c1-8-10(2)11(3)15-9-12-13(4,5)14(12,6)7/h10-12,15H,8-9H2,1-7H3. The van der Waals surface area contributed by atoms with Crippen LogP contribution in [0.2, 0.25) is 0 Å². The summed E-state index contributed by atoms with van der Waals surface area (Å²) in [6.45, 7) is 17.7. The zero-order chi connectivity index (χ0) is 11.9. The third-order valence-electron chi connectivity index (χ3n) is 5.46. The molecule has 1 aliphatic rings. The average molecular weight is 211 g/mol. The molecule has 0 spiro atoms. The molecule has 1 saturated carbocycles. The SMILES string of the molecule is CCC(C)C(C)NCC1C(C)(C)C1(C)C. The van der Waals surface area contributed by atoms with Crippen molar-refractivity contribution in [1.82, 2.24) is 5.32 Å². The Morgan fingerprint density at radius 2 is 1.53 bits per heavy atom. The van der Waals surface area contributed by atoms with Gasteiger partial charge < -0.3 is 5.32 Å². The van der Waals surface area contributed by atoms with E-state index in [1.807, 2.05) is 0 Å². The molecule has 0 radical (unpaired) electrons. The zero-order valence-corrected chi connectivity index (χ0v) is 11.6. The summed E-state index contributed by atoms with van der Waals surface area (Å²) in [5.74, 6) is 1.63. The van der Waals surface area contributed by atoms with Gasteiger partial charge in [0.2, 0.25) is 0 Å². The van der Waals surface area contributed by atoms with Crippen LogP contribution >= 0.6 is 0 Å². The summed E-state index contributed by atoms with van der Waals surface area (Å²) in [6.07, 6.45) is 1.27. The van der Waals surface area contributed by atoms with E-state index in [4.69, 9.17) is 0 Å².